The molecule has 158 valence electrons. The maximum absolute atomic E-state index is 12.8. The van der Waals surface area contributed by atoms with Crippen molar-refractivity contribution in [3.8, 4) is 5.75 Å². The first-order chi connectivity index (χ1) is 14.3. The van der Waals surface area contributed by atoms with Crippen molar-refractivity contribution in [2.24, 2.45) is 23.9 Å². The molecule has 1 aliphatic carbocycles. The summed E-state index contributed by atoms with van der Waals surface area (Å²) in [5.41, 5.74) is 3.46. The van der Waals surface area contributed by atoms with Gasteiger partial charge in [-0.25, -0.2) is 0 Å². The Morgan fingerprint density at radius 1 is 1.37 bits per heavy atom. The quantitative estimate of drug-likeness (QED) is 0.659. The minimum atomic E-state index is -1.59. The van der Waals surface area contributed by atoms with Crippen LogP contribution in [0.5, 0.6) is 5.75 Å². The molecule has 3 atom stereocenters. The van der Waals surface area contributed by atoms with Crippen LogP contribution in [-0.2, 0) is 23.2 Å². The van der Waals surface area contributed by atoms with Crippen molar-refractivity contribution in [3.63, 3.8) is 0 Å². The third-order valence-electron chi connectivity index (χ3n) is 6.70. The van der Waals surface area contributed by atoms with Gasteiger partial charge in [-0.1, -0.05) is 0 Å². The standard InChI is InChI=1S/C22H25N3O5/c1-22(4-5-22)23-10-12-7-11-8-14-16(9-15(11)25(12)2)30-6-3-13-18(14)24-20(27)17(19(13)26)21(28)29/h7-9,13,17,20,23,27H,3-6,10H2,1-2H3,(H,28,29). The summed E-state index contributed by atoms with van der Waals surface area (Å²) in [6, 6.07) is 5.99. The van der Waals surface area contributed by atoms with Crippen molar-refractivity contribution in [2.45, 2.75) is 44.5 Å². The number of rotatable bonds is 4. The normalized spacial score (nSPS) is 27.0. The Morgan fingerprint density at radius 2 is 2.13 bits per heavy atom. The predicted molar refractivity (Wildman–Crippen MR) is 110 cm³/mol. The Balaban J connectivity index is 1.57. The monoisotopic (exact) mass is 411 g/mol. The minimum absolute atomic E-state index is 0.234. The van der Waals surface area contributed by atoms with Gasteiger partial charge in [0, 0.05) is 41.8 Å². The molecule has 1 aromatic heterocycles. The van der Waals surface area contributed by atoms with E-state index in [2.05, 4.69) is 27.9 Å². The van der Waals surface area contributed by atoms with E-state index in [4.69, 9.17) is 4.74 Å². The number of aliphatic hydroxyl groups is 1. The van der Waals surface area contributed by atoms with Crippen LogP contribution in [0.2, 0.25) is 0 Å². The third kappa shape index (κ3) is 3.02. The molecule has 3 aliphatic rings. The number of carbonyl (C=O) groups is 2. The van der Waals surface area contributed by atoms with Crippen LogP contribution in [0.25, 0.3) is 10.9 Å². The van der Waals surface area contributed by atoms with Gasteiger partial charge in [0.1, 0.15) is 5.75 Å². The molecule has 8 heteroatoms. The molecule has 1 fully saturated rings. The van der Waals surface area contributed by atoms with Crippen molar-refractivity contribution in [1.29, 1.82) is 0 Å². The second kappa shape index (κ2) is 6.65. The molecule has 8 nitrogen and oxygen atoms in total. The van der Waals surface area contributed by atoms with E-state index in [0.717, 1.165) is 23.1 Å². The predicted octanol–water partition coefficient (Wildman–Crippen LogP) is 1.61. The number of aromatic nitrogens is 1. The molecule has 0 spiro atoms. The molecule has 1 saturated carbocycles. The highest BCUT2D eigenvalue weighted by Gasteiger charge is 2.45. The Bertz CT molecular complexity index is 1100. The van der Waals surface area contributed by atoms with Crippen LogP contribution in [0, 0.1) is 11.8 Å². The zero-order valence-corrected chi connectivity index (χ0v) is 17.0. The number of aryl methyl sites for hydroxylation is 1. The number of fused-ring (bicyclic) bond motifs is 4. The zero-order chi connectivity index (χ0) is 21.2. The van der Waals surface area contributed by atoms with Gasteiger partial charge < -0.3 is 24.8 Å². The van der Waals surface area contributed by atoms with E-state index in [0.29, 0.717) is 23.4 Å². The molecule has 2 aromatic rings. The highest BCUT2D eigenvalue weighted by Crippen LogP contribution is 2.38. The number of nitrogens with one attached hydrogen (secondary N) is 1. The van der Waals surface area contributed by atoms with E-state index in [9.17, 15) is 19.8 Å². The summed E-state index contributed by atoms with van der Waals surface area (Å²) >= 11 is 0. The maximum atomic E-state index is 12.8. The van der Waals surface area contributed by atoms with Crippen molar-refractivity contribution in [2.75, 3.05) is 6.61 Å². The van der Waals surface area contributed by atoms with Gasteiger partial charge in [0.15, 0.2) is 17.9 Å². The SMILES string of the molecule is Cn1c(CNC2(C)CC2)cc2cc3c(cc21)OCCC1C(=O)C(C(=O)O)C(O)N=C31. The van der Waals surface area contributed by atoms with Crippen LogP contribution in [-0.4, -0.2) is 50.6 Å². The molecule has 3 heterocycles. The van der Waals surface area contributed by atoms with Gasteiger partial charge in [0.05, 0.1) is 23.8 Å². The van der Waals surface area contributed by atoms with E-state index in [1.54, 1.807) is 0 Å². The second-order valence-corrected chi connectivity index (χ2v) is 8.85. The number of benzene rings is 1. The van der Waals surface area contributed by atoms with Gasteiger partial charge in [-0.3, -0.25) is 14.6 Å². The third-order valence-corrected chi connectivity index (χ3v) is 6.70. The zero-order valence-electron chi connectivity index (χ0n) is 17.0. The molecule has 0 amide bonds. The highest BCUT2D eigenvalue weighted by atomic mass is 16.5. The summed E-state index contributed by atoms with van der Waals surface area (Å²) in [6.07, 6.45) is 1.13. The van der Waals surface area contributed by atoms with Crippen molar-refractivity contribution in [1.82, 2.24) is 9.88 Å². The first-order valence-corrected chi connectivity index (χ1v) is 10.3. The van der Waals surface area contributed by atoms with Crippen LogP contribution in [0.15, 0.2) is 23.2 Å². The number of carboxylic acid groups (broad SMARTS) is 1. The Hall–Kier alpha value is -2.71. The van der Waals surface area contributed by atoms with E-state index in [1.807, 2.05) is 19.2 Å². The summed E-state index contributed by atoms with van der Waals surface area (Å²) in [4.78, 5) is 28.5. The lowest BCUT2D eigenvalue weighted by molar-refractivity contribution is -0.152. The number of ether oxygens (including phenoxy) is 1. The molecule has 0 saturated heterocycles. The van der Waals surface area contributed by atoms with E-state index in [-0.39, 0.29) is 12.1 Å². The topological polar surface area (TPSA) is 113 Å². The fraction of sp³-hybridized carbons (Fsp3) is 0.500. The van der Waals surface area contributed by atoms with E-state index >= 15 is 0 Å². The van der Waals surface area contributed by atoms with Crippen LogP contribution < -0.4 is 10.1 Å². The lowest BCUT2D eigenvalue weighted by Crippen LogP contribution is -2.45. The van der Waals surface area contributed by atoms with E-state index in [1.165, 1.54) is 12.8 Å². The van der Waals surface area contributed by atoms with Crippen molar-refractivity contribution < 1.29 is 24.5 Å². The number of Topliss-reactive ketones (excluding diaryl/α,β-unsaturated/α-hetero) is 1. The fourth-order valence-corrected chi connectivity index (χ4v) is 4.46. The average Bonchev–Trinajstić information content (AvgIpc) is 3.38. The molecule has 30 heavy (non-hydrogen) atoms. The molecule has 2 aliphatic heterocycles. The Morgan fingerprint density at radius 3 is 2.83 bits per heavy atom. The lowest BCUT2D eigenvalue weighted by Gasteiger charge is -2.27. The summed E-state index contributed by atoms with van der Waals surface area (Å²) in [6.45, 7) is 3.27. The average molecular weight is 411 g/mol. The summed E-state index contributed by atoms with van der Waals surface area (Å²) in [5.74, 6) is -3.46. The van der Waals surface area contributed by atoms with Gasteiger partial charge in [-0.15, -0.1) is 0 Å². The summed E-state index contributed by atoms with van der Waals surface area (Å²) in [5, 5.41) is 24.2. The van der Waals surface area contributed by atoms with E-state index < -0.39 is 29.8 Å². The first kappa shape index (κ1) is 19.3. The van der Waals surface area contributed by atoms with Crippen LogP contribution in [0.4, 0.5) is 0 Å². The van der Waals surface area contributed by atoms with Gasteiger partial charge >= 0.3 is 5.97 Å². The van der Waals surface area contributed by atoms with Crippen molar-refractivity contribution >= 4 is 28.4 Å². The summed E-state index contributed by atoms with van der Waals surface area (Å²) in [7, 11) is 2.02. The van der Waals surface area contributed by atoms with Crippen LogP contribution >= 0.6 is 0 Å². The number of carbonyl (C=O) groups excluding carboxylic acids is 1. The molecule has 0 bridgehead atoms. The number of hydrogen-bond acceptors (Lipinski definition) is 6. The maximum Gasteiger partial charge on any atom is 0.318 e. The molecule has 1 aromatic carbocycles. The fourth-order valence-electron chi connectivity index (χ4n) is 4.46. The number of carboxylic acids is 1. The Labute approximate surface area is 173 Å². The number of nitrogens with zero attached hydrogens (tertiary/aromatic N) is 2. The van der Waals surface area contributed by atoms with Crippen LogP contribution in [0.1, 0.15) is 37.4 Å². The van der Waals surface area contributed by atoms with Gasteiger partial charge in [-0.05, 0) is 38.3 Å². The number of aliphatic hydroxyl groups excluding tert-OH is 1. The van der Waals surface area contributed by atoms with Gasteiger partial charge in [0.25, 0.3) is 0 Å². The smallest absolute Gasteiger partial charge is 0.318 e. The second-order valence-electron chi connectivity index (χ2n) is 8.85. The number of hydrogen-bond donors (Lipinski definition) is 3. The molecular formula is C22H25N3O5. The molecule has 3 N–H and O–H groups in total. The minimum Gasteiger partial charge on any atom is -0.493 e. The number of ketones is 1. The molecule has 3 unspecified atom stereocenters. The lowest BCUT2D eigenvalue weighted by atomic mass is 9.81. The van der Waals surface area contributed by atoms with Gasteiger partial charge in [0.2, 0.25) is 0 Å². The first-order valence-electron chi connectivity index (χ1n) is 10.3. The van der Waals surface area contributed by atoms with Gasteiger partial charge in [-0.2, -0.15) is 0 Å². The number of aliphatic carboxylic acids is 1. The number of aliphatic imine (C=N–C) groups is 1. The Kier molecular flexibility index (Phi) is 4.27. The van der Waals surface area contributed by atoms with Crippen molar-refractivity contribution in [3.05, 3.63) is 29.5 Å². The molecular weight excluding hydrogens is 386 g/mol. The summed E-state index contributed by atoms with van der Waals surface area (Å²) < 4.78 is 8.05. The highest BCUT2D eigenvalue weighted by molar-refractivity contribution is 6.21. The molecule has 0 radical (unpaired) electrons. The van der Waals surface area contributed by atoms with Crippen LogP contribution in [0.3, 0.4) is 0 Å². The molecule has 5 rings (SSSR count). The largest absolute Gasteiger partial charge is 0.493 e.